The molecule has 2 aliphatic rings. The van der Waals surface area contributed by atoms with E-state index < -0.39 is 4.33 Å². The Kier molecular flexibility index (Phi) is 4.91. The number of hydrogen-bond donors (Lipinski definition) is 1. The van der Waals surface area contributed by atoms with Gasteiger partial charge in [0.05, 0.1) is 5.92 Å². The van der Waals surface area contributed by atoms with E-state index in [1.54, 1.807) is 6.20 Å². The van der Waals surface area contributed by atoms with Gasteiger partial charge in [-0.15, -0.1) is 23.2 Å². The Morgan fingerprint density at radius 1 is 1.45 bits per heavy atom. The molecular formula is C16H21Cl2N3O. The van der Waals surface area contributed by atoms with Crippen molar-refractivity contribution >= 4 is 29.1 Å². The monoisotopic (exact) mass is 341 g/mol. The van der Waals surface area contributed by atoms with Crippen molar-refractivity contribution in [2.24, 2.45) is 5.92 Å². The van der Waals surface area contributed by atoms with Crippen LogP contribution in [-0.4, -0.2) is 39.3 Å². The molecule has 3 rings (SSSR count). The summed E-state index contributed by atoms with van der Waals surface area (Å²) in [7, 11) is 0. The van der Waals surface area contributed by atoms with Crippen LogP contribution in [0, 0.1) is 5.92 Å². The van der Waals surface area contributed by atoms with Gasteiger partial charge in [0.1, 0.15) is 4.33 Å². The predicted octanol–water partition coefficient (Wildman–Crippen LogP) is 2.75. The zero-order valence-electron chi connectivity index (χ0n) is 12.5. The minimum atomic E-state index is -0.642. The molecule has 1 aromatic heterocycles. The quantitative estimate of drug-likeness (QED) is 0.856. The maximum Gasteiger partial charge on any atom is 0.224 e. The lowest BCUT2D eigenvalue weighted by atomic mass is 9.90. The molecule has 0 bridgehead atoms. The second-order valence-corrected chi connectivity index (χ2v) is 8.05. The number of hydrogen-bond acceptors (Lipinski definition) is 3. The molecule has 1 N–H and O–H groups in total. The fourth-order valence-electron chi connectivity index (χ4n) is 3.25. The summed E-state index contributed by atoms with van der Waals surface area (Å²) in [6, 6.07) is 4.16. The van der Waals surface area contributed by atoms with E-state index in [2.05, 4.69) is 21.3 Å². The molecule has 1 aliphatic heterocycles. The van der Waals surface area contributed by atoms with Gasteiger partial charge in [0.15, 0.2) is 0 Å². The molecule has 1 aromatic rings. The van der Waals surface area contributed by atoms with E-state index in [1.165, 1.54) is 5.56 Å². The molecule has 1 saturated heterocycles. The Bertz CT molecular complexity index is 515. The van der Waals surface area contributed by atoms with Crippen molar-refractivity contribution in [1.29, 1.82) is 0 Å². The number of piperidine rings is 1. The number of pyridine rings is 1. The van der Waals surface area contributed by atoms with E-state index in [-0.39, 0.29) is 17.9 Å². The summed E-state index contributed by atoms with van der Waals surface area (Å²) in [5, 5.41) is 3.08. The van der Waals surface area contributed by atoms with Crippen LogP contribution in [0.15, 0.2) is 24.5 Å². The summed E-state index contributed by atoms with van der Waals surface area (Å²) in [4.78, 5) is 18.9. The Balaban J connectivity index is 1.49. The summed E-state index contributed by atoms with van der Waals surface area (Å²) in [6.45, 7) is 2.70. The summed E-state index contributed by atoms with van der Waals surface area (Å²) < 4.78 is -0.642. The molecule has 22 heavy (non-hydrogen) atoms. The second-order valence-electron chi connectivity index (χ2n) is 6.41. The van der Waals surface area contributed by atoms with Crippen LogP contribution in [0.2, 0.25) is 0 Å². The second kappa shape index (κ2) is 6.73. The third-order valence-corrected chi connectivity index (χ3v) is 5.06. The number of aromatic nitrogens is 1. The van der Waals surface area contributed by atoms with Crippen LogP contribution in [0.4, 0.5) is 0 Å². The number of halogens is 2. The van der Waals surface area contributed by atoms with E-state index in [9.17, 15) is 4.79 Å². The van der Waals surface area contributed by atoms with Gasteiger partial charge in [-0.05, 0) is 31.0 Å². The minimum absolute atomic E-state index is 0.0612. The molecule has 0 radical (unpaired) electrons. The molecule has 6 heteroatoms. The number of likely N-dealkylation sites (tertiary alicyclic amines) is 1. The number of nitrogens with zero attached hydrogens (tertiary/aromatic N) is 2. The molecule has 2 heterocycles. The molecule has 0 spiro atoms. The molecule has 2 fully saturated rings. The Morgan fingerprint density at radius 3 is 2.95 bits per heavy atom. The van der Waals surface area contributed by atoms with Crippen LogP contribution >= 0.6 is 23.2 Å². The summed E-state index contributed by atoms with van der Waals surface area (Å²) in [5.74, 6) is 0.204. The lowest BCUT2D eigenvalue weighted by Crippen LogP contribution is -2.52. The molecule has 1 amide bonds. The average Bonchev–Trinajstić information content (AvgIpc) is 2.46. The first kappa shape index (κ1) is 16.0. The fourth-order valence-corrected chi connectivity index (χ4v) is 3.99. The highest BCUT2D eigenvalue weighted by molar-refractivity contribution is 6.49. The first-order valence-electron chi connectivity index (χ1n) is 7.81. The molecule has 1 unspecified atom stereocenters. The first-order valence-corrected chi connectivity index (χ1v) is 8.57. The average molecular weight is 342 g/mol. The van der Waals surface area contributed by atoms with Crippen LogP contribution in [-0.2, 0) is 11.3 Å². The highest BCUT2D eigenvalue weighted by atomic mass is 35.5. The summed E-state index contributed by atoms with van der Waals surface area (Å²) in [5.41, 5.74) is 1.19. The van der Waals surface area contributed by atoms with Crippen LogP contribution in [0.25, 0.3) is 0 Å². The number of amides is 1. The van der Waals surface area contributed by atoms with Gasteiger partial charge in [0.2, 0.25) is 5.91 Å². The third-order valence-electron chi connectivity index (χ3n) is 4.44. The lowest BCUT2D eigenvalue weighted by Gasteiger charge is -2.40. The van der Waals surface area contributed by atoms with E-state index in [1.807, 2.05) is 12.3 Å². The van der Waals surface area contributed by atoms with Crippen molar-refractivity contribution in [2.75, 3.05) is 13.1 Å². The maximum absolute atomic E-state index is 12.4. The topological polar surface area (TPSA) is 45.2 Å². The van der Waals surface area contributed by atoms with Crippen molar-refractivity contribution in [1.82, 2.24) is 15.2 Å². The van der Waals surface area contributed by atoms with Crippen molar-refractivity contribution in [3.05, 3.63) is 30.1 Å². The van der Waals surface area contributed by atoms with Gasteiger partial charge < -0.3 is 5.32 Å². The number of alkyl halides is 2. The van der Waals surface area contributed by atoms with E-state index in [0.717, 1.165) is 32.5 Å². The van der Waals surface area contributed by atoms with Crippen molar-refractivity contribution in [3.8, 4) is 0 Å². The smallest absolute Gasteiger partial charge is 0.224 e. The molecule has 1 aliphatic carbocycles. The zero-order chi connectivity index (χ0) is 15.6. The molecule has 1 saturated carbocycles. The van der Waals surface area contributed by atoms with Crippen molar-refractivity contribution in [3.63, 3.8) is 0 Å². The van der Waals surface area contributed by atoms with Gasteiger partial charge in [-0.3, -0.25) is 14.7 Å². The standard InChI is InChI=1S/C16H21Cl2N3O/c17-16(18)7-14(8-16)20-15(22)13-4-2-6-21(11-13)10-12-3-1-5-19-9-12/h1,3,5,9,13-14H,2,4,6-8,10-11H2,(H,20,22). The fraction of sp³-hybridized carbons (Fsp3) is 0.625. The number of carbonyl (C=O) groups excluding carboxylic acids is 1. The van der Waals surface area contributed by atoms with Crippen LogP contribution in [0.5, 0.6) is 0 Å². The molecule has 4 nitrogen and oxygen atoms in total. The molecule has 1 atom stereocenters. The third kappa shape index (κ3) is 4.12. The molecular weight excluding hydrogens is 321 g/mol. The van der Waals surface area contributed by atoms with Gasteiger partial charge >= 0.3 is 0 Å². The summed E-state index contributed by atoms with van der Waals surface area (Å²) >= 11 is 12.0. The largest absolute Gasteiger partial charge is 0.353 e. The predicted molar refractivity (Wildman–Crippen MR) is 87.8 cm³/mol. The van der Waals surface area contributed by atoms with Crippen LogP contribution < -0.4 is 5.32 Å². The first-order chi connectivity index (χ1) is 10.5. The highest BCUT2D eigenvalue weighted by Gasteiger charge is 2.42. The van der Waals surface area contributed by atoms with Gasteiger partial charge in [-0.2, -0.15) is 0 Å². The van der Waals surface area contributed by atoms with E-state index >= 15 is 0 Å². The van der Waals surface area contributed by atoms with Gasteiger partial charge in [-0.1, -0.05) is 6.07 Å². The Morgan fingerprint density at radius 2 is 2.27 bits per heavy atom. The molecule has 0 aromatic carbocycles. The van der Waals surface area contributed by atoms with Gasteiger partial charge in [0.25, 0.3) is 0 Å². The molecule has 120 valence electrons. The highest BCUT2D eigenvalue weighted by Crippen LogP contribution is 2.42. The van der Waals surface area contributed by atoms with E-state index in [4.69, 9.17) is 23.2 Å². The zero-order valence-corrected chi connectivity index (χ0v) is 14.0. The SMILES string of the molecule is O=C(NC1CC(Cl)(Cl)C1)C1CCCN(Cc2cccnc2)C1. The van der Waals surface area contributed by atoms with Gasteiger partial charge in [-0.25, -0.2) is 0 Å². The summed E-state index contributed by atoms with van der Waals surface area (Å²) in [6.07, 6.45) is 6.97. The minimum Gasteiger partial charge on any atom is -0.353 e. The normalized spacial score (nSPS) is 25.5. The Labute approximate surface area is 141 Å². The Hall–Kier alpha value is -0.840. The van der Waals surface area contributed by atoms with Gasteiger partial charge in [0, 0.05) is 44.4 Å². The lowest BCUT2D eigenvalue weighted by molar-refractivity contribution is -0.128. The van der Waals surface area contributed by atoms with Crippen LogP contribution in [0.3, 0.4) is 0 Å². The maximum atomic E-state index is 12.4. The van der Waals surface area contributed by atoms with E-state index in [0.29, 0.717) is 12.8 Å². The van der Waals surface area contributed by atoms with Crippen LogP contribution in [0.1, 0.15) is 31.2 Å². The number of carbonyl (C=O) groups is 1. The number of rotatable bonds is 4. The van der Waals surface area contributed by atoms with Crippen molar-refractivity contribution in [2.45, 2.75) is 42.6 Å². The number of nitrogens with one attached hydrogen (secondary N) is 1. The van der Waals surface area contributed by atoms with Crippen molar-refractivity contribution < 1.29 is 4.79 Å².